The summed E-state index contributed by atoms with van der Waals surface area (Å²) in [6.07, 6.45) is 3.46. The SMILES string of the molecule is O=C(NCCc1ccsc1)N[C@H]1CCCCNC1=O. The second kappa shape index (κ2) is 7.13. The molecule has 1 fully saturated rings. The van der Waals surface area contributed by atoms with Crippen LogP contribution in [0, 0.1) is 0 Å². The highest BCUT2D eigenvalue weighted by molar-refractivity contribution is 7.07. The first-order valence-corrected chi connectivity index (χ1v) is 7.53. The maximum atomic E-state index is 11.7. The van der Waals surface area contributed by atoms with Gasteiger partial charge in [-0.05, 0) is 48.1 Å². The van der Waals surface area contributed by atoms with E-state index in [1.807, 2.05) is 11.4 Å². The number of hydrogen-bond donors (Lipinski definition) is 3. The summed E-state index contributed by atoms with van der Waals surface area (Å²) in [6.45, 7) is 1.29. The number of amides is 3. The molecule has 5 nitrogen and oxygen atoms in total. The Morgan fingerprint density at radius 2 is 2.37 bits per heavy atom. The van der Waals surface area contributed by atoms with Crippen molar-refractivity contribution in [2.24, 2.45) is 0 Å². The molecule has 1 aromatic heterocycles. The Labute approximate surface area is 116 Å². The van der Waals surface area contributed by atoms with E-state index in [4.69, 9.17) is 0 Å². The zero-order valence-electron chi connectivity index (χ0n) is 10.8. The number of hydrogen-bond acceptors (Lipinski definition) is 3. The van der Waals surface area contributed by atoms with Crippen molar-refractivity contribution in [1.82, 2.24) is 16.0 Å². The van der Waals surface area contributed by atoms with Gasteiger partial charge < -0.3 is 16.0 Å². The molecule has 3 N–H and O–H groups in total. The molecule has 0 saturated carbocycles. The Bertz CT molecular complexity index is 420. The predicted molar refractivity (Wildman–Crippen MR) is 75.2 cm³/mol. The molecule has 3 amide bonds. The molecule has 1 saturated heterocycles. The van der Waals surface area contributed by atoms with E-state index in [9.17, 15) is 9.59 Å². The highest BCUT2D eigenvalue weighted by Crippen LogP contribution is 2.06. The Morgan fingerprint density at radius 3 is 3.16 bits per heavy atom. The van der Waals surface area contributed by atoms with Crippen molar-refractivity contribution in [2.45, 2.75) is 31.7 Å². The summed E-state index contributed by atoms with van der Waals surface area (Å²) < 4.78 is 0. The normalized spacial score (nSPS) is 19.4. The van der Waals surface area contributed by atoms with Gasteiger partial charge in [0, 0.05) is 13.1 Å². The van der Waals surface area contributed by atoms with Gasteiger partial charge in [0.2, 0.25) is 5.91 Å². The summed E-state index contributed by atoms with van der Waals surface area (Å²) in [4.78, 5) is 23.4. The van der Waals surface area contributed by atoms with E-state index in [0.717, 1.165) is 19.3 Å². The summed E-state index contributed by atoms with van der Waals surface area (Å²) >= 11 is 1.65. The summed E-state index contributed by atoms with van der Waals surface area (Å²) in [7, 11) is 0. The molecule has 104 valence electrons. The maximum Gasteiger partial charge on any atom is 0.315 e. The molecule has 1 aliphatic heterocycles. The average molecular weight is 281 g/mol. The van der Waals surface area contributed by atoms with Gasteiger partial charge in [0.1, 0.15) is 6.04 Å². The lowest BCUT2D eigenvalue weighted by molar-refractivity contribution is -0.122. The number of carbonyl (C=O) groups excluding carboxylic acids is 2. The fourth-order valence-electron chi connectivity index (χ4n) is 2.04. The molecule has 0 aromatic carbocycles. The minimum atomic E-state index is -0.399. The van der Waals surface area contributed by atoms with Crippen molar-refractivity contribution in [3.63, 3.8) is 0 Å². The molecule has 0 radical (unpaired) electrons. The maximum absolute atomic E-state index is 11.7. The second-order valence-corrected chi connectivity index (χ2v) is 5.40. The third-order valence-corrected chi connectivity index (χ3v) is 3.85. The Kier molecular flexibility index (Phi) is 5.20. The number of thiophene rings is 1. The summed E-state index contributed by atoms with van der Waals surface area (Å²) in [5, 5.41) is 12.4. The zero-order valence-corrected chi connectivity index (χ0v) is 11.6. The topological polar surface area (TPSA) is 70.2 Å². The van der Waals surface area contributed by atoms with Crippen LogP contribution in [0.1, 0.15) is 24.8 Å². The van der Waals surface area contributed by atoms with E-state index in [2.05, 4.69) is 21.3 Å². The van der Waals surface area contributed by atoms with Gasteiger partial charge >= 0.3 is 6.03 Å². The van der Waals surface area contributed by atoms with Crippen LogP contribution in [0.5, 0.6) is 0 Å². The first-order chi connectivity index (χ1) is 9.25. The molecule has 1 atom stereocenters. The van der Waals surface area contributed by atoms with Crippen LogP contribution in [-0.2, 0) is 11.2 Å². The van der Waals surface area contributed by atoms with Crippen molar-refractivity contribution in [2.75, 3.05) is 13.1 Å². The van der Waals surface area contributed by atoms with Crippen molar-refractivity contribution >= 4 is 23.3 Å². The molecule has 2 heterocycles. The number of rotatable bonds is 4. The highest BCUT2D eigenvalue weighted by atomic mass is 32.1. The summed E-state index contributed by atoms with van der Waals surface area (Å²) in [6, 6.07) is 1.38. The second-order valence-electron chi connectivity index (χ2n) is 4.62. The summed E-state index contributed by atoms with van der Waals surface area (Å²) in [5.74, 6) is -0.0783. The van der Waals surface area contributed by atoms with Gasteiger partial charge in [-0.1, -0.05) is 0 Å². The number of carbonyl (C=O) groups is 2. The lowest BCUT2D eigenvalue weighted by Gasteiger charge is -2.15. The van der Waals surface area contributed by atoms with Gasteiger partial charge in [0.05, 0.1) is 0 Å². The molecular weight excluding hydrogens is 262 g/mol. The quantitative estimate of drug-likeness (QED) is 0.777. The molecule has 1 aromatic rings. The molecule has 0 aliphatic carbocycles. The van der Waals surface area contributed by atoms with Crippen LogP contribution in [0.25, 0.3) is 0 Å². The number of urea groups is 1. The minimum absolute atomic E-state index is 0.0783. The molecule has 2 rings (SSSR count). The van der Waals surface area contributed by atoms with Gasteiger partial charge in [0.15, 0.2) is 0 Å². The molecule has 19 heavy (non-hydrogen) atoms. The highest BCUT2D eigenvalue weighted by Gasteiger charge is 2.21. The van der Waals surface area contributed by atoms with Crippen molar-refractivity contribution in [1.29, 1.82) is 0 Å². The van der Waals surface area contributed by atoms with E-state index >= 15 is 0 Å². The smallest absolute Gasteiger partial charge is 0.315 e. The van der Waals surface area contributed by atoms with Gasteiger partial charge in [-0.3, -0.25) is 4.79 Å². The molecule has 0 bridgehead atoms. The fourth-order valence-corrected chi connectivity index (χ4v) is 2.74. The molecular formula is C13H19N3O2S. The van der Waals surface area contributed by atoms with Crippen LogP contribution in [0.2, 0.25) is 0 Å². The van der Waals surface area contributed by atoms with Crippen molar-refractivity contribution in [3.8, 4) is 0 Å². The monoisotopic (exact) mass is 281 g/mol. The lowest BCUT2D eigenvalue weighted by Crippen LogP contribution is -2.49. The minimum Gasteiger partial charge on any atom is -0.354 e. The van der Waals surface area contributed by atoms with E-state index in [1.165, 1.54) is 5.56 Å². The lowest BCUT2D eigenvalue weighted by atomic mass is 10.1. The van der Waals surface area contributed by atoms with Crippen LogP contribution in [0.15, 0.2) is 16.8 Å². The van der Waals surface area contributed by atoms with E-state index < -0.39 is 6.04 Å². The van der Waals surface area contributed by atoms with Crippen LogP contribution in [0.3, 0.4) is 0 Å². The van der Waals surface area contributed by atoms with Crippen LogP contribution < -0.4 is 16.0 Å². The fraction of sp³-hybridized carbons (Fsp3) is 0.538. The van der Waals surface area contributed by atoms with Crippen molar-refractivity contribution < 1.29 is 9.59 Å². The Morgan fingerprint density at radius 1 is 1.47 bits per heavy atom. The molecule has 0 unspecified atom stereocenters. The Hall–Kier alpha value is -1.56. The standard InChI is InChI=1S/C13H19N3O2S/c17-12-11(3-1-2-6-14-12)16-13(18)15-7-4-10-5-8-19-9-10/h5,8-9,11H,1-4,6-7H2,(H,14,17)(H2,15,16,18)/t11-/m0/s1. The van der Waals surface area contributed by atoms with Crippen LogP contribution >= 0.6 is 11.3 Å². The third kappa shape index (κ3) is 4.55. The Balaban J connectivity index is 1.69. The first kappa shape index (κ1) is 13.9. The average Bonchev–Trinajstić information content (AvgIpc) is 2.82. The van der Waals surface area contributed by atoms with Crippen LogP contribution in [0.4, 0.5) is 4.79 Å². The predicted octanol–water partition coefficient (Wildman–Crippen LogP) is 1.26. The van der Waals surface area contributed by atoms with Gasteiger partial charge in [-0.15, -0.1) is 0 Å². The van der Waals surface area contributed by atoms with Gasteiger partial charge in [-0.25, -0.2) is 4.79 Å². The summed E-state index contributed by atoms with van der Waals surface area (Å²) in [5.41, 5.74) is 1.22. The van der Waals surface area contributed by atoms with Gasteiger partial charge in [-0.2, -0.15) is 11.3 Å². The molecule has 0 spiro atoms. The van der Waals surface area contributed by atoms with E-state index in [0.29, 0.717) is 19.5 Å². The largest absolute Gasteiger partial charge is 0.354 e. The number of nitrogens with one attached hydrogen (secondary N) is 3. The van der Waals surface area contributed by atoms with E-state index in [-0.39, 0.29) is 11.9 Å². The first-order valence-electron chi connectivity index (χ1n) is 6.59. The zero-order chi connectivity index (χ0) is 13.5. The van der Waals surface area contributed by atoms with Crippen LogP contribution in [-0.4, -0.2) is 31.1 Å². The van der Waals surface area contributed by atoms with Crippen molar-refractivity contribution in [3.05, 3.63) is 22.4 Å². The third-order valence-electron chi connectivity index (χ3n) is 3.12. The van der Waals surface area contributed by atoms with E-state index in [1.54, 1.807) is 11.3 Å². The van der Waals surface area contributed by atoms with Gasteiger partial charge in [0.25, 0.3) is 0 Å². The molecule has 1 aliphatic rings. The molecule has 6 heteroatoms.